The Balaban J connectivity index is 2.04. The summed E-state index contributed by atoms with van der Waals surface area (Å²) in [7, 11) is 0. The molecule has 3 atom stereocenters. The van der Waals surface area contributed by atoms with Gasteiger partial charge >= 0.3 is 5.97 Å². The molecule has 1 heterocycles. The second kappa shape index (κ2) is 4.52. The Labute approximate surface area is 91.5 Å². The van der Waals surface area contributed by atoms with E-state index < -0.39 is 5.97 Å². The van der Waals surface area contributed by atoms with Gasteiger partial charge in [-0.25, -0.2) is 0 Å². The third-order valence-electron chi connectivity index (χ3n) is 4.08. The molecule has 2 rings (SSSR count). The van der Waals surface area contributed by atoms with Crippen molar-refractivity contribution in [3.05, 3.63) is 0 Å². The van der Waals surface area contributed by atoms with E-state index >= 15 is 0 Å². The van der Waals surface area contributed by atoms with Crippen molar-refractivity contribution in [1.29, 1.82) is 0 Å². The molecule has 0 aromatic heterocycles. The molecule has 2 aliphatic rings. The lowest BCUT2D eigenvalue weighted by atomic mass is 9.95. The van der Waals surface area contributed by atoms with Crippen molar-refractivity contribution in [3.63, 3.8) is 0 Å². The second-order valence-electron chi connectivity index (χ2n) is 5.03. The first-order chi connectivity index (χ1) is 7.20. The molecule has 15 heavy (non-hydrogen) atoms. The molecule has 0 amide bonds. The zero-order valence-electron chi connectivity index (χ0n) is 9.48. The highest BCUT2D eigenvalue weighted by atomic mass is 16.4. The highest BCUT2D eigenvalue weighted by Crippen LogP contribution is 2.33. The minimum atomic E-state index is -0.588. The molecule has 3 heteroatoms. The Kier molecular flexibility index (Phi) is 3.29. The van der Waals surface area contributed by atoms with Crippen LogP contribution in [-0.2, 0) is 4.79 Å². The van der Waals surface area contributed by atoms with Crippen LogP contribution in [0.2, 0.25) is 0 Å². The summed E-state index contributed by atoms with van der Waals surface area (Å²) in [6.07, 6.45) is 6.84. The maximum absolute atomic E-state index is 11.1. The zero-order chi connectivity index (χ0) is 10.8. The summed E-state index contributed by atoms with van der Waals surface area (Å²) < 4.78 is 0. The lowest BCUT2D eigenvalue weighted by Crippen LogP contribution is -2.47. The average molecular weight is 211 g/mol. The monoisotopic (exact) mass is 211 g/mol. The van der Waals surface area contributed by atoms with E-state index in [1.54, 1.807) is 0 Å². The van der Waals surface area contributed by atoms with Gasteiger partial charge in [-0.2, -0.15) is 0 Å². The van der Waals surface area contributed by atoms with Crippen molar-refractivity contribution < 1.29 is 9.90 Å². The first-order valence-electron chi connectivity index (χ1n) is 6.18. The minimum Gasteiger partial charge on any atom is -0.481 e. The van der Waals surface area contributed by atoms with Crippen LogP contribution in [0.4, 0.5) is 0 Å². The largest absolute Gasteiger partial charge is 0.481 e. The first-order valence-corrected chi connectivity index (χ1v) is 6.18. The van der Waals surface area contributed by atoms with Crippen molar-refractivity contribution in [2.45, 2.75) is 57.5 Å². The van der Waals surface area contributed by atoms with E-state index in [-0.39, 0.29) is 5.92 Å². The fourth-order valence-corrected chi connectivity index (χ4v) is 3.24. The van der Waals surface area contributed by atoms with Gasteiger partial charge in [-0.15, -0.1) is 0 Å². The molecule has 1 aliphatic carbocycles. The number of aliphatic carboxylic acids is 1. The van der Waals surface area contributed by atoms with Crippen molar-refractivity contribution >= 4 is 5.97 Å². The number of carbonyl (C=O) groups is 1. The van der Waals surface area contributed by atoms with Crippen LogP contribution in [-0.4, -0.2) is 34.6 Å². The summed E-state index contributed by atoms with van der Waals surface area (Å²) >= 11 is 0. The van der Waals surface area contributed by atoms with Crippen molar-refractivity contribution in [1.82, 2.24) is 4.90 Å². The highest BCUT2D eigenvalue weighted by Gasteiger charge is 2.38. The van der Waals surface area contributed by atoms with Crippen LogP contribution >= 0.6 is 0 Å². The van der Waals surface area contributed by atoms with Crippen molar-refractivity contribution in [2.75, 3.05) is 6.54 Å². The molecular formula is C12H21NO2. The fourth-order valence-electron chi connectivity index (χ4n) is 3.24. The SMILES string of the molecule is CC1CCCCN1C1CCCC1C(=O)O. The van der Waals surface area contributed by atoms with Gasteiger partial charge in [-0.1, -0.05) is 12.8 Å². The lowest BCUT2D eigenvalue weighted by molar-refractivity contribution is -0.144. The normalized spacial score (nSPS) is 38.1. The molecule has 3 nitrogen and oxygen atoms in total. The fraction of sp³-hybridized carbons (Fsp3) is 0.917. The maximum Gasteiger partial charge on any atom is 0.308 e. The van der Waals surface area contributed by atoms with E-state index in [1.165, 1.54) is 19.3 Å². The van der Waals surface area contributed by atoms with Gasteiger partial charge in [0.25, 0.3) is 0 Å². The summed E-state index contributed by atoms with van der Waals surface area (Å²) in [4.78, 5) is 13.6. The van der Waals surface area contributed by atoms with E-state index in [0.717, 1.165) is 25.8 Å². The first kappa shape index (κ1) is 10.9. The number of carboxylic acid groups (broad SMARTS) is 1. The summed E-state index contributed by atoms with van der Waals surface area (Å²) in [5.74, 6) is -0.694. The molecule has 0 bridgehead atoms. The molecule has 0 spiro atoms. The van der Waals surface area contributed by atoms with Gasteiger partial charge in [0.2, 0.25) is 0 Å². The van der Waals surface area contributed by atoms with Gasteiger partial charge < -0.3 is 5.11 Å². The van der Waals surface area contributed by atoms with E-state index in [9.17, 15) is 9.90 Å². The highest BCUT2D eigenvalue weighted by molar-refractivity contribution is 5.71. The number of carboxylic acids is 1. The molecule has 1 aliphatic heterocycles. The van der Waals surface area contributed by atoms with Crippen LogP contribution in [0, 0.1) is 5.92 Å². The number of rotatable bonds is 2. The van der Waals surface area contributed by atoms with Crippen molar-refractivity contribution in [2.24, 2.45) is 5.92 Å². The van der Waals surface area contributed by atoms with Gasteiger partial charge in [-0.05, 0) is 39.2 Å². The van der Waals surface area contributed by atoms with E-state index in [2.05, 4.69) is 11.8 Å². The third kappa shape index (κ3) is 2.17. The van der Waals surface area contributed by atoms with Crippen LogP contribution in [0.3, 0.4) is 0 Å². The molecule has 2 fully saturated rings. The molecule has 1 N–H and O–H groups in total. The van der Waals surface area contributed by atoms with Crippen molar-refractivity contribution in [3.8, 4) is 0 Å². The third-order valence-corrected chi connectivity index (χ3v) is 4.08. The number of hydrogen-bond acceptors (Lipinski definition) is 2. The molecular weight excluding hydrogens is 190 g/mol. The van der Waals surface area contributed by atoms with Crippen LogP contribution in [0.1, 0.15) is 45.4 Å². The molecule has 0 radical (unpaired) electrons. The predicted octanol–water partition coefficient (Wildman–Crippen LogP) is 2.11. The molecule has 0 aromatic carbocycles. The van der Waals surface area contributed by atoms with Crippen LogP contribution in [0.5, 0.6) is 0 Å². The van der Waals surface area contributed by atoms with Gasteiger partial charge in [0, 0.05) is 12.1 Å². The lowest BCUT2D eigenvalue weighted by Gasteiger charge is -2.39. The van der Waals surface area contributed by atoms with E-state index in [4.69, 9.17) is 0 Å². The maximum atomic E-state index is 11.1. The number of piperidine rings is 1. The van der Waals surface area contributed by atoms with Crippen LogP contribution in [0.25, 0.3) is 0 Å². The molecule has 86 valence electrons. The molecule has 0 aromatic rings. The van der Waals surface area contributed by atoms with Crippen LogP contribution in [0.15, 0.2) is 0 Å². The second-order valence-corrected chi connectivity index (χ2v) is 5.03. The molecule has 3 unspecified atom stereocenters. The summed E-state index contributed by atoms with van der Waals surface area (Å²) in [6, 6.07) is 0.904. The number of hydrogen-bond donors (Lipinski definition) is 1. The smallest absolute Gasteiger partial charge is 0.308 e. The Hall–Kier alpha value is -0.570. The quantitative estimate of drug-likeness (QED) is 0.760. The van der Waals surface area contributed by atoms with E-state index in [1.807, 2.05) is 0 Å². The standard InChI is InChI=1S/C12H21NO2/c1-9-5-2-3-8-13(9)11-7-4-6-10(11)12(14)15/h9-11H,2-8H2,1H3,(H,14,15). The Morgan fingerprint density at radius 2 is 2.00 bits per heavy atom. The van der Waals surface area contributed by atoms with E-state index in [0.29, 0.717) is 12.1 Å². The Morgan fingerprint density at radius 1 is 1.20 bits per heavy atom. The summed E-state index contributed by atoms with van der Waals surface area (Å²) in [6.45, 7) is 3.35. The summed E-state index contributed by atoms with van der Waals surface area (Å²) in [5.41, 5.74) is 0. The van der Waals surface area contributed by atoms with Crippen LogP contribution < -0.4 is 0 Å². The van der Waals surface area contributed by atoms with Gasteiger partial charge in [0.1, 0.15) is 0 Å². The van der Waals surface area contributed by atoms with Gasteiger partial charge in [-0.3, -0.25) is 9.69 Å². The number of likely N-dealkylation sites (tertiary alicyclic amines) is 1. The summed E-state index contributed by atoms with van der Waals surface area (Å²) in [5, 5.41) is 9.17. The van der Waals surface area contributed by atoms with Gasteiger partial charge in [0.05, 0.1) is 5.92 Å². The predicted molar refractivity (Wildman–Crippen MR) is 58.8 cm³/mol. The molecule has 1 saturated heterocycles. The zero-order valence-corrected chi connectivity index (χ0v) is 9.48. The topological polar surface area (TPSA) is 40.5 Å². The minimum absolute atomic E-state index is 0.106. The Bertz CT molecular complexity index is 242. The van der Waals surface area contributed by atoms with Gasteiger partial charge in [0.15, 0.2) is 0 Å². The molecule has 1 saturated carbocycles. The Morgan fingerprint density at radius 3 is 2.67 bits per heavy atom. The average Bonchev–Trinajstić information content (AvgIpc) is 2.67. The number of nitrogens with zero attached hydrogens (tertiary/aromatic N) is 1.